The summed E-state index contributed by atoms with van der Waals surface area (Å²) < 4.78 is 35.9. The Kier molecular flexibility index (Phi) is 4.95. The summed E-state index contributed by atoms with van der Waals surface area (Å²) in [6.07, 6.45) is 0. The van der Waals surface area contributed by atoms with E-state index < -0.39 is 15.9 Å². The second kappa shape index (κ2) is 6.62. The standard InChI is InChI=1S/C15H19N3O5S/c1-9-14(10(2)23-17-9)15(19)16-11-6-7-12(22-5)13(8-11)24(20,21)18(3)4/h6-8H,1-5H3,(H,16,19). The molecule has 0 saturated carbocycles. The summed E-state index contributed by atoms with van der Waals surface area (Å²) in [5.41, 5.74) is 1.10. The molecule has 0 radical (unpaired) electrons. The van der Waals surface area contributed by atoms with Crippen molar-refractivity contribution in [3.8, 4) is 5.75 Å². The number of nitrogens with zero attached hydrogens (tertiary/aromatic N) is 2. The van der Waals surface area contributed by atoms with Crippen LogP contribution in [-0.4, -0.2) is 45.0 Å². The fraction of sp³-hybridized carbons (Fsp3) is 0.333. The molecule has 1 aromatic carbocycles. The molecule has 1 N–H and O–H groups in total. The van der Waals surface area contributed by atoms with Gasteiger partial charge in [-0.25, -0.2) is 12.7 Å². The Hall–Kier alpha value is -2.39. The first-order chi connectivity index (χ1) is 11.2. The average molecular weight is 353 g/mol. The maximum Gasteiger partial charge on any atom is 0.261 e. The van der Waals surface area contributed by atoms with Gasteiger partial charge < -0.3 is 14.6 Å². The third-order valence-corrected chi connectivity index (χ3v) is 5.28. The number of hydrogen-bond acceptors (Lipinski definition) is 6. The number of sulfonamides is 1. The molecule has 0 fully saturated rings. The molecule has 8 nitrogen and oxygen atoms in total. The number of methoxy groups -OCH3 is 1. The summed E-state index contributed by atoms with van der Waals surface area (Å²) in [4.78, 5) is 12.3. The number of carbonyl (C=O) groups is 1. The van der Waals surface area contributed by atoms with Gasteiger partial charge in [-0.05, 0) is 32.0 Å². The van der Waals surface area contributed by atoms with Gasteiger partial charge in [-0.1, -0.05) is 5.16 Å². The number of anilines is 1. The van der Waals surface area contributed by atoms with Crippen molar-refractivity contribution in [3.63, 3.8) is 0 Å². The van der Waals surface area contributed by atoms with Gasteiger partial charge in [0.1, 0.15) is 22.0 Å². The van der Waals surface area contributed by atoms with Gasteiger partial charge in [0.15, 0.2) is 0 Å². The van der Waals surface area contributed by atoms with E-state index in [9.17, 15) is 13.2 Å². The van der Waals surface area contributed by atoms with E-state index in [1.54, 1.807) is 19.9 Å². The molecule has 0 atom stereocenters. The van der Waals surface area contributed by atoms with Crippen LogP contribution in [0.3, 0.4) is 0 Å². The van der Waals surface area contributed by atoms with Crippen molar-refractivity contribution in [2.24, 2.45) is 0 Å². The molecule has 9 heteroatoms. The van der Waals surface area contributed by atoms with Crippen molar-refractivity contribution in [3.05, 3.63) is 35.2 Å². The maximum atomic E-state index is 12.4. The molecular formula is C15H19N3O5S. The highest BCUT2D eigenvalue weighted by atomic mass is 32.2. The molecule has 24 heavy (non-hydrogen) atoms. The predicted octanol–water partition coefficient (Wildman–Crippen LogP) is 1.80. The third-order valence-electron chi connectivity index (χ3n) is 3.44. The van der Waals surface area contributed by atoms with Crippen molar-refractivity contribution in [2.45, 2.75) is 18.7 Å². The van der Waals surface area contributed by atoms with Crippen LogP contribution >= 0.6 is 0 Å². The van der Waals surface area contributed by atoms with Crippen LogP contribution < -0.4 is 10.1 Å². The van der Waals surface area contributed by atoms with Crippen LogP contribution in [0.25, 0.3) is 0 Å². The Morgan fingerprint density at radius 3 is 2.46 bits per heavy atom. The number of nitrogens with one attached hydrogen (secondary N) is 1. The first kappa shape index (κ1) is 18.0. The SMILES string of the molecule is COc1ccc(NC(=O)c2c(C)noc2C)cc1S(=O)(=O)N(C)C. The molecule has 0 saturated heterocycles. The van der Waals surface area contributed by atoms with Crippen molar-refractivity contribution in [1.29, 1.82) is 0 Å². The number of carbonyl (C=O) groups excluding carboxylic acids is 1. The van der Waals surface area contributed by atoms with E-state index >= 15 is 0 Å². The molecular weight excluding hydrogens is 334 g/mol. The third kappa shape index (κ3) is 3.26. The highest BCUT2D eigenvalue weighted by molar-refractivity contribution is 7.89. The lowest BCUT2D eigenvalue weighted by molar-refractivity contribution is 0.102. The Morgan fingerprint density at radius 2 is 1.96 bits per heavy atom. The Morgan fingerprint density at radius 1 is 1.29 bits per heavy atom. The molecule has 130 valence electrons. The van der Waals surface area contributed by atoms with E-state index in [1.165, 1.54) is 33.3 Å². The zero-order chi connectivity index (χ0) is 18.1. The van der Waals surface area contributed by atoms with Gasteiger partial charge in [-0.3, -0.25) is 4.79 Å². The summed E-state index contributed by atoms with van der Waals surface area (Å²) in [7, 11) is 0.500. The Bertz CT molecular complexity index is 852. The zero-order valence-electron chi connectivity index (χ0n) is 14.1. The summed E-state index contributed by atoms with van der Waals surface area (Å²) in [5, 5.41) is 6.38. The van der Waals surface area contributed by atoms with Crippen LogP contribution in [0.1, 0.15) is 21.8 Å². The monoisotopic (exact) mass is 353 g/mol. The summed E-state index contributed by atoms with van der Waals surface area (Å²) in [6.45, 7) is 3.28. The largest absolute Gasteiger partial charge is 0.495 e. The molecule has 0 spiro atoms. The number of rotatable bonds is 5. The van der Waals surface area contributed by atoms with Crippen molar-refractivity contribution < 1.29 is 22.5 Å². The van der Waals surface area contributed by atoms with Gasteiger partial charge in [-0.2, -0.15) is 0 Å². The van der Waals surface area contributed by atoms with E-state index in [2.05, 4.69) is 10.5 Å². The van der Waals surface area contributed by atoms with Crippen LogP contribution in [0, 0.1) is 13.8 Å². The number of amides is 1. The maximum absolute atomic E-state index is 12.4. The summed E-state index contributed by atoms with van der Waals surface area (Å²) in [5.74, 6) is 0.156. The summed E-state index contributed by atoms with van der Waals surface area (Å²) in [6, 6.07) is 4.40. The molecule has 0 aliphatic carbocycles. The molecule has 2 aromatic rings. The van der Waals surface area contributed by atoms with Crippen LogP contribution in [0.5, 0.6) is 5.75 Å². The van der Waals surface area contributed by atoms with Gasteiger partial charge >= 0.3 is 0 Å². The molecule has 0 aliphatic heterocycles. The van der Waals surface area contributed by atoms with Gasteiger partial charge in [0.25, 0.3) is 5.91 Å². The highest BCUT2D eigenvalue weighted by Crippen LogP contribution is 2.29. The first-order valence-corrected chi connectivity index (χ1v) is 8.47. The van der Waals surface area contributed by atoms with E-state index in [1.807, 2.05) is 0 Å². The number of ether oxygens (including phenoxy) is 1. The van der Waals surface area contributed by atoms with E-state index in [0.29, 0.717) is 22.7 Å². The van der Waals surface area contributed by atoms with Crippen LogP contribution in [0.15, 0.2) is 27.6 Å². The molecule has 0 bridgehead atoms. The fourth-order valence-electron chi connectivity index (χ4n) is 2.15. The molecule has 2 rings (SSSR count). The second-order valence-corrected chi connectivity index (χ2v) is 7.43. The van der Waals surface area contributed by atoms with Crippen molar-refractivity contribution in [1.82, 2.24) is 9.46 Å². The Balaban J connectivity index is 2.41. The molecule has 0 aliphatic rings. The topological polar surface area (TPSA) is 102 Å². The lowest BCUT2D eigenvalue weighted by atomic mass is 10.2. The summed E-state index contributed by atoms with van der Waals surface area (Å²) >= 11 is 0. The fourth-order valence-corrected chi connectivity index (χ4v) is 3.23. The zero-order valence-corrected chi connectivity index (χ0v) is 14.9. The van der Waals surface area contributed by atoms with Crippen molar-refractivity contribution in [2.75, 3.05) is 26.5 Å². The lowest BCUT2D eigenvalue weighted by Crippen LogP contribution is -2.23. The number of benzene rings is 1. The van der Waals surface area contributed by atoms with Gasteiger partial charge in [-0.15, -0.1) is 0 Å². The van der Waals surface area contributed by atoms with Crippen LogP contribution in [-0.2, 0) is 10.0 Å². The van der Waals surface area contributed by atoms with Gasteiger partial charge in [0.05, 0.1) is 12.8 Å². The number of aromatic nitrogens is 1. The first-order valence-electron chi connectivity index (χ1n) is 7.03. The lowest BCUT2D eigenvalue weighted by Gasteiger charge is -2.16. The molecule has 0 unspecified atom stereocenters. The minimum Gasteiger partial charge on any atom is -0.495 e. The molecule has 1 aromatic heterocycles. The average Bonchev–Trinajstić information content (AvgIpc) is 2.86. The highest BCUT2D eigenvalue weighted by Gasteiger charge is 2.24. The van der Waals surface area contributed by atoms with Crippen LogP contribution in [0.4, 0.5) is 5.69 Å². The normalized spacial score (nSPS) is 11.6. The minimum absolute atomic E-state index is 0.0356. The Labute approximate surface area is 140 Å². The van der Waals surface area contributed by atoms with Crippen LogP contribution in [0.2, 0.25) is 0 Å². The smallest absolute Gasteiger partial charge is 0.261 e. The van der Waals surface area contributed by atoms with E-state index in [4.69, 9.17) is 9.26 Å². The predicted molar refractivity (Wildman–Crippen MR) is 87.8 cm³/mol. The minimum atomic E-state index is -3.72. The van der Waals surface area contributed by atoms with Crippen molar-refractivity contribution >= 4 is 21.6 Å². The van der Waals surface area contributed by atoms with E-state index in [0.717, 1.165) is 4.31 Å². The number of aryl methyl sites for hydroxylation is 2. The van der Waals surface area contributed by atoms with Gasteiger partial charge in [0.2, 0.25) is 10.0 Å². The second-order valence-electron chi connectivity index (χ2n) is 5.31. The van der Waals surface area contributed by atoms with Gasteiger partial charge in [0, 0.05) is 19.8 Å². The molecule has 1 amide bonds. The quantitative estimate of drug-likeness (QED) is 0.879. The molecule has 1 heterocycles. The number of hydrogen-bond donors (Lipinski definition) is 1. The van der Waals surface area contributed by atoms with E-state index in [-0.39, 0.29) is 10.6 Å².